The van der Waals surface area contributed by atoms with Crippen LogP contribution in [0.3, 0.4) is 0 Å². The number of carbonyl (C=O) groups is 2. The first-order valence-corrected chi connectivity index (χ1v) is 11.6. The Morgan fingerprint density at radius 1 is 1.03 bits per heavy atom. The van der Waals surface area contributed by atoms with E-state index in [4.69, 9.17) is 10.5 Å². The average Bonchev–Trinajstić information content (AvgIpc) is 2.90. The fourth-order valence-corrected chi connectivity index (χ4v) is 3.98. The van der Waals surface area contributed by atoms with Gasteiger partial charge in [0.05, 0.1) is 6.04 Å². The van der Waals surface area contributed by atoms with E-state index in [1.165, 1.54) is 0 Å². The van der Waals surface area contributed by atoms with Gasteiger partial charge in [0, 0.05) is 31.9 Å². The number of benzene rings is 2. The number of aromatic nitrogens is 2. The smallest absolute Gasteiger partial charge is 0.410 e. The number of aromatic amines is 2. The molecule has 0 saturated carbocycles. The summed E-state index contributed by atoms with van der Waals surface area (Å²) >= 11 is 0. The van der Waals surface area contributed by atoms with Crippen LogP contribution in [0, 0.1) is 0 Å². The third kappa shape index (κ3) is 5.74. The van der Waals surface area contributed by atoms with E-state index >= 15 is 0 Å². The molecular formula is C25H28N6O5. The summed E-state index contributed by atoms with van der Waals surface area (Å²) in [5, 5.41) is 2.76. The summed E-state index contributed by atoms with van der Waals surface area (Å²) in [5.41, 5.74) is 6.12. The van der Waals surface area contributed by atoms with Gasteiger partial charge in [0.2, 0.25) is 0 Å². The van der Waals surface area contributed by atoms with Crippen LogP contribution in [0.2, 0.25) is 0 Å². The van der Waals surface area contributed by atoms with E-state index in [2.05, 4.69) is 15.2 Å². The van der Waals surface area contributed by atoms with Crippen LogP contribution in [0.25, 0.3) is 0 Å². The molecule has 5 N–H and O–H groups in total. The lowest BCUT2D eigenvalue weighted by Crippen LogP contribution is -2.49. The third-order valence-electron chi connectivity index (χ3n) is 6.03. The molecule has 3 aromatic rings. The Balaban J connectivity index is 1.34. The maximum atomic E-state index is 12.6. The molecule has 1 atom stereocenters. The van der Waals surface area contributed by atoms with Crippen LogP contribution in [0.1, 0.15) is 34.6 Å². The highest BCUT2D eigenvalue weighted by Crippen LogP contribution is 2.22. The topological polar surface area (TPSA) is 154 Å². The summed E-state index contributed by atoms with van der Waals surface area (Å²) < 4.78 is 5.43. The van der Waals surface area contributed by atoms with Crippen LogP contribution in [0.4, 0.5) is 16.2 Å². The molecular weight excluding hydrogens is 464 g/mol. The third-order valence-corrected chi connectivity index (χ3v) is 6.03. The van der Waals surface area contributed by atoms with Crippen molar-refractivity contribution >= 4 is 23.4 Å². The van der Waals surface area contributed by atoms with E-state index in [1.807, 2.05) is 59.6 Å². The van der Waals surface area contributed by atoms with Gasteiger partial charge in [0.15, 0.2) is 0 Å². The molecule has 11 heteroatoms. The number of anilines is 2. The number of carbonyl (C=O) groups excluding carboxylic acids is 2. The first-order chi connectivity index (χ1) is 17.3. The van der Waals surface area contributed by atoms with Gasteiger partial charge in [0.1, 0.15) is 18.0 Å². The fraction of sp³-hybridized carbons (Fsp3) is 0.280. The number of nitrogens with zero attached hydrogens (tertiary/aromatic N) is 2. The predicted molar refractivity (Wildman–Crippen MR) is 135 cm³/mol. The average molecular weight is 493 g/mol. The first-order valence-electron chi connectivity index (χ1n) is 11.6. The second-order valence-corrected chi connectivity index (χ2v) is 8.50. The highest BCUT2D eigenvalue weighted by atomic mass is 16.6. The number of rotatable bonds is 6. The molecule has 1 aliphatic heterocycles. The van der Waals surface area contributed by atoms with Crippen molar-refractivity contribution in [2.24, 2.45) is 0 Å². The van der Waals surface area contributed by atoms with E-state index < -0.39 is 23.2 Å². The van der Waals surface area contributed by atoms with Crippen molar-refractivity contribution in [2.45, 2.75) is 19.6 Å². The van der Waals surface area contributed by atoms with Gasteiger partial charge in [-0.1, -0.05) is 42.5 Å². The maximum Gasteiger partial charge on any atom is 0.410 e. The molecule has 0 aliphatic carbocycles. The van der Waals surface area contributed by atoms with E-state index in [0.29, 0.717) is 26.2 Å². The molecule has 1 aromatic heterocycles. The van der Waals surface area contributed by atoms with Crippen molar-refractivity contribution < 1.29 is 14.3 Å². The van der Waals surface area contributed by atoms with Gasteiger partial charge in [-0.05, 0) is 30.2 Å². The summed E-state index contributed by atoms with van der Waals surface area (Å²) in [6, 6.07) is 16.8. The Morgan fingerprint density at radius 3 is 2.47 bits per heavy atom. The van der Waals surface area contributed by atoms with Crippen molar-refractivity contribution in [3.8, 4) is 0 Å². The quantitative estimate of drug-likeness (QED) is 0.407. The minimum atomic E-state index is -0.818. The van der Waals surface area contributed by atoms with Gasteiger partial charge in [-0.15, -0.1) is 0 Å². The Kier molecular flexibility index (Phi) is 7.38. The summed E-state index contributed by atoms with van der Waals surface area (Å²) in [6.45, 7) is 4.35. The van der Waals surface area contributed by atoms with Crippen LogP contribution < -0.4 is 27.2 Å². The van der Waals surface area contributed by atoms with Gasteiger partial charge < -0.3 is 30.6 Å². The number of nitrogens with one attached hydrogen (secondary N) is 3. The minimum absolute atomic E-state index is 0.239. The number of amides is 2. The van der Waals surface area contributed by atoms with Gasteiger partial charge in [-0.2, -0.15) is 0 Å². The number of piperazine rings is 1. The van der Waals surface area contributed by atoms with Crippen LogP contribution in [0.5, 0.6) is 0 Å². The number of H-pyrrole nitrogens is 2. The van der Waals surface area contributed by atoms with Gasteiger partial charge >= 0.3 is 11.8 Å². The molecule has 0 spiro atoms. The molecule has 0 unspecified atom stereocenters. The SMILES string of the molecule is C[C@H](NC(=O)c1[nH]c(=O)[nH]c(=O)c1N)c1cccc(N2CCN(C(=O)OCc3ccccc3)CC2)c1. The number of hydrogen-bond acceptors (Lipinski definition) is 7. The Labute approximate surface area is 206 Å². The summed E-state index contributed by atoms with van der Waals surface area (Å²) in [6.07, 6.45) is -0.333. The van der Waals surface area contributed by atoms with Crippen molar-refractivity contribution in [2.75, 3.05) is 36.8 Å². The van der Waals surface area contributed by atoms with Crippen LogP contribution in [-0.2, 0) is 11.3 Å². The van der Waals surface area contributed by atoms with E-state index in [1.54, 1.807) is 11.8 Å². The van der Waals surface area contributed by atoms with Crippen molar-refractivity contribution in [1.29, 1.82) is 0 Å². The van der Waals surface area contributed by atoms with Crippen molar-refractivity contribution in [1.82, 2.24) is 20.2 Å². The van der Waals surface area contributed by atoms with E-state index in [0.717, 1.165) is 16.8 Å². The number of nitrogens with two attached hydrogens (primary N) is 1. The first kappa shape index (κ1) is 24.6. The molecule has 2 amide bonds. The normalized spacial score (nSPS) is 14.2. The molecule has 4 rings (SSSR count). The summed E-state index contributed by atoms with van der Waals surface area (Å²) in [7, 11) is 0. The molecule has 1 fully saturated rings. The van der Waals surface area contributed by atoms with E-state index in [9.17, 15) is 19.2 Å². The highest BCUT2D eigenvalue weighted by Gasteiger charge is 2.23. The Bertz CT molecular complexity index is 1340. The second-order valence-electron chi connectivity index (χ2n) is 8.50. The largest absolute Gasteiger partial charge is 0.445 e. The zero-order valence-corrected chi connectivity index (χ0v) is 19.8. The monoisotopic (exact) mass is 492 g/mol. The van der Waals surface area contributed by atoms with Crippen LogP contribution in [-0.4, -0.2) is 53.0 Å². The van der Waals surface area contributed by atoms with E-state index in [-0.39, 0.29) is 24.1 Å². The lowest BCUT2D eigenvalue weighted by atomic mass is 10.1. The van der Waals surface area contributed by atoms with Crippen LogP contribution >= 0.6 is 0 Å². The lowest BCUT2D eigenvalue weighted by Gasteiger charge is -2.35. The summed E-state index contributed by atoms with van der Waals surface area (Å²) in [5.74, 6) is -0.656. The highest BCUT2D eigenvalue weighted by molar-refractivity contribution is 5.97. The molecule has 2 heterocycles. The summed E-state index contributed by atoms with van der Waals surface area (Å²) in [4.78, 5) is 56.4. The second kappa shape index (κ2) is 10.8. The zero-order valence-electron chi connectivity index (χ0n) is 19.8. The number of nitrogen functional groups attached to an aromatic ring is 1. The van der Waals surface area contributed by atoms with Gasteiger partial charge in [-0.3, -0.25) is 14.6 Å². The molecule has 0 radical (unpaired) electrons. The fourth-order valence-electron chi connectivity index (χ4n) is 3.98. The standard InChI is InChI=1S/C25H28N6O5/c1-16(27-23(33)21-20(26)22(32)29-24(34)28-21)18-8-5-9-19(14-18)30-10-12-31(13-11-30)25(35)36-15-17-6-3-2-4-7-17/h2-9,14,16H,10-13,15,26H2,1H3,(H,27,33)(H2,28,29,32,34)/t16-/m0/s1. The van der Waals surface area contributed by atoms with Gasteiger partial charge in [-0.25, -0.2) is 9.59 Å². The predicted octanol–water partition coefficient (Wildman–Crippen LogP) is 1.60. The van der Waals surface area contributed by atoms with Crippen molar-refractivity contribution in [3.05, 3.63) is 92.3 Å². The number of hydrogen-bond donors (Lipinski definition) is 4. The molecule has 2 aromatic carbocycles. The van der Waals surface area contributed by atoms with Gasteiger partial charge in [0.25, 0.3) is 11.5 Å². The molecule has 1 saturated heterocycles. The molecule has 11 nitrogen and oxygen atoms in total. The molecule has 0 bridgehead atoms. The minimum Gasteiger partial charge on any atom is -0.445 e. The molecule has 1 aliphatic rings. The molecule has 36 heavy (non-hydrogen) atoms. The maximum absolute atomic E-state index is 12.6. The number of ether oxygens (including phenoxy) is 1. The Hall–Kier alpha value is -4.54. The zero-order chi connectivity index (χ0) is 25.7. The Morgan fingerprint density at radius 2 is 1.75 bits per heavy atom. The van der Waals surface area contributed by atoms with Crippen LogP contribution in [0.15, 0.2) is 64.2 Å². The van der Waals surface area contributed by atoms with Crippen molar-refractivity contribution in [3.63, 3.8) is 0 Å². The molecule has 188 valence electrons. The lowest BCUT2D eigenvalue weighted by molar-refractivity contribution is 0.0931.